The first-order valence-corrected chi connectivity index (χ1v) is 43.6. The fraction of sp³-hybridized carbons (Fsp3) is 0.416. The van der Waals surface area contributed by atoms with E-state index in [1.54, 1.807) is 25.3 Å². The molecule has 0 unspecified atom stereocenters. The number of methoxy groups -OCH3 is 1. The first-order chi connectivity index (χ1) is 55.2. The van der Waals surface area contributed by atoms with Crippen LogP contribution in [0.15, 0.2) is 224 Å². The Bertz CT molecular complexity index is 4210. The van der Waals surface area contributed by atoms with Gasteiger partial charge in [0.25, 0.3) is 0 Å². The number of ether oxygens (including phenoxy) is 1. The second kappa shape index (κ2) is 55.9. The van der Waals surface area contributed by atoms with Gasteiger partial charge in [-0.15, -0.1) is 0 Å². The van der Waals surface area contributed by atoms with Crippen molar-refractivity contribution in [1.82, 2.24) is 0 Å². The van der Waals surface area contributed by atoms with Crippen LogP contribution in [0.5, 0.6) is 5.75 Å². The summed E-state index contributed by atoms with van der Waals surface area (Å²) in [4.78, 5) is 0. The summed E-state index contributed by atoms with van der Waals surface area (Å²) in [5, 5.41) is 0.826. The van der Waals surface area contributed by atoms with Crippen LogP contribution in [0, 0.1) is 107 Å². The topological polar surface area (TPSA) is 9.23 Å². The van der Waals surface area contributed by atoms with Gasteiger partial charge in [0.2, 0.25) is 0 Å². The number of aryl methyl sites for hydroxylation is 13. The molecule has 0 fully saturated rings. The van der Waals surface area contributed by atoms with Gasteiger partial charge in [0.1, 0.15) is 23.2 Å². The fourth-order valence-electron chi connectivity index (χ4n) is 14.4. The molecular formula is C113H156ClF3O. The van der Waals surface area contributed by atoms with Gasteiger partial charge in [-0.2, -0.15) is 0 Å². The van der Waals surface area contributed by atoms with E-state index in [-0.39, 0.29) is 23.4 Å². The second-order valence-corrected chi connectivity index (χ2v) is 35.5. The minimum Gasteiger partial charge on any atom is -0.497 e. The van der Waals surface area contributed by atoms with E-state index in [0.717, 1.165) is 33.0 Å². The van der Waals surface area contributed by atoms with Crippen LogP contribution in [0.25, 0.3) is 0 Å². The Kier molecular flexibility index (Phi) is 50.9. The van der Waals surface area contributed by atoms with E-state index < -0.39 is 0 Å². The van der Waals surface area contributed by atoms with Gasteiger partial charge in [-0.1, -0.05) is 345 Å². The van der Waals surface area contributed by atoms with Crippen molar-refractivity contribution in [1.29, 1.82) is 0 Å². The quantitative estimate of drug-likeness (QED) is 0.118. The number of hydrogen-bond acceptors (Lipinski definition) is 1. The van der Waals surface area contributed by atoms with E-state index in [2.05, 4.69) is 359 Å². The van der Waals surface area contributed by atoms with Crippen LogP contribution in [-0.4, -0.2) is 7.11 Å². The van der Waals surface area contributed by atoms with Gasteiger partial charge in [0.15, 0.2) is 0 Å². The molecule has 0 N–H and O–H groups in total. The molecule has 0 saturated carbocycles. The molecule has 0 aliphatic carbocycles. The molecule has 0 spiro atoms. The van der Waals surface area contributed by atoms with E-state index in [1.807, 2.05) is 71.0 Å². The Morgan fingerprint density at radius 1 is 0.212 bits per heavy atom. The third-order valence-corrected chi connectivity index (χ3v) is 21.1. The molecule has 0 atom stereocenters. The average molecular weight is 1620 g/mol. The zero-order chi connectivity index (χ0) is 90.0. The summed E-state index contributed by atoms with van der Waals surface area (Å²) < 4.78 is 43.6. The minimum atomic E-state index is -0.146. The van der Waals surface area contributed by atoms with Gasteiger partial charge < -0.3 is 4.74 Å². The van der Waals surface area contributed by atoms with Crippen LogP contribution in [0.4, 0.5) is 13.2 Å². The maximum atomic E-state index is 13.1. The lowest BCUT2D eigenvalue weighted by Gasteiger charge is -2.10. The molecule has 0 heterocycles. The molecule has 0 aliphatic heterocycles. The summed E-state index contributed by atoms with van der Waals surface area (Å²) in [6.45, 7) is 75.3. The molecule has 0 radical (unpaired) electrons. The summed E-state index contributed by atoms with van der Waals surface area (Å²) >= 11 is 5.82. The van der Waals surface area contributed by atoms with Crippen molar-refractivity contribution in [2.45, 2.75) is 307 Å². The maximum absolute atomic E-state index is 13.1. The third-order valence-electron chi connectivity index (χ3n) is 20.9. The summed E-state index contributed by atoms with van der Waals surface area (Å²) in [5.74, 6) is 6.82. The highest BCUT2D eigenvalue weighted by Crippen LogP contribution is 2.29. The predicted molar refractivity (Wildman–Crippen MR) is 519 cm³/mol. The molecule has 5 heteroatoms. The van der Waals surface area contributed by atoms with E-state index in [4.69, 9.17) is 16.3 Å². The summed E-state index contributed by atoms with van der Waals surface area (Å²) in [5.41, 5.74) is 31.7. The monoisotopic (exact) mass is 1620 g/mol. The molecule has 11 aromatic carbocycles. The average Bonchev–Trinajstić information content (AvgIpc) is 0.882. The van der Waals surface area contributed by atoms with Crippen molar-refractivity contribution in [3.63, 3.8) is 0 Å². The van der Waals surface area contributed by atoms with Crippen molar-refractivity contribution in [2.24, 2.45) is 0 Å². The van der Waals surface area contributed by atoms with Gasteiger partial charge in [-0.05, 0) is 332 Å². The zero-order valence-electron chi connectivity index (χ0n) is 80.1. The lowest BCUT2D eigenvalue weighted by atomic mass is 9.97. The summed E-state index contributed by atoms with van der Waals surface area (Å²) in [7, 11) is 1.70. The first kappa shape index (κ1) is 107. The Labute approximate surface area is 725 Å². The predicted octanol–water partition coefficient (Wildman–Crippen LogP) is 36.0. The molecular weight excluding hydrogens is 1470 g/mol. The van der Waals surface area contributed by atoms with Crippen LogP contribution in [0.2, 0.25) is 5.02 Å². The number of halogens is 4. The molecule has 0 aromatic heterocycles. The van der Waals surface area contributed by atoms with E-state index >= 15 is 0 Å². The second-order valence-electron chi connectivity index (χ2n) is 35.0. The van der Waals surface area contributed by atoms with Gasteiger partial charge in [0.05, 0.1) is 7.11 Å². The summed E-state index contributed by atoms with van der Waals surface area (Å²) in [6.07, 6.45) is 0. The Hall–Kier alpha value is -8.70. The highest BCUT2D eigenvalue weighted by Gasteiger charge is 2.11. The zero-order valence-corrected chi connectivity index (χ0v) is 80.9. The molecule has 0 bridgehead atoms. The number of benzene rings is 11. The van der Waals surface area contributed by atoms with Crippen molar-refractivity contribution >= 4 is 11.6 Å². The number of rotatable bonds is 12. The normalized spacial score (nSPS) is 10.5. The standard InChI is InChI=1S/C11H16O.2C11H16.C10H13Cl.3C10H13F.4C10H14/c1-8(2)11-7-10(12-4)6-5-9(11)3;2*1-8(2)11-6-5-9(3)7-10(11)4;2*1-7(2)10-5-4-9(11)6-8(10)3;1-7(2)10-6-9(11)5-4-8(10)3;1-7(2)10-8(3)5-4-6-9(10)11;4*1-8(2)10-7-5-4-6-9(10)3/h5-8H,1-4H3;2*5-8H,1-4H3;4*4-7H,1-3H3;4*4-8H,1-3H3. The van der Waals surface area contributed by atoms with E-state index in [9.17, 15) is 13.2 Å². The van der Waals surface area contributed by atoms with Crippen LogP contribution >= 0.6 is 11.6 Å². The molecule has 1 nitrogen and oxygen atoms in total. The lowest BCUT2D eigenvalue weighted by molar-refractivity contribution is 0.414. The highest BCUT2D eigenvalue weighted by molar-refractivity contribution is 6.30. The fourth-order valence-corrected chi connectivity index (χ4v) is 14.7. The Morgan fingerprint density at radius 3 is 0.729 bits per heavy atom. The molecule has 0 amide bonds. The molecule has 11 aromatic rings. The number of hydrogen-bond donors (Lipinski definition) is 0. The SMILES string of the molecule is COc1ccc(C)c(C(C)C)c1.Cc1cc(Cl)ccc1C(C)C.Cc1cc(F)ccc1C(C)C.Cc1ccc(C(C)C)c(C)c1.Cc1ccc(C(C)C)c(C)c1.Cc1ccc(F)cc1C(C)C.Cc1cccc(F)c1C(C)C.Cc1ccccc1C(C)C.Cc1ccccc1C(C)C.Cc1ccccc1C(C)C.Cc1ccccc1C(C)C. The van der Waals surface area contributed by atoms with Crippen LogP contribution < -0.4 is 4.74 Å². The van der Waals surface area contributed by atoms with Gasteiger partial charge in [0, 0.05) is 5.02 Å². The molecule has 0 saturated heterocycles. The van der Waals surface area contributed by atoms with E-state index in [1.165, 1.54) is 129 Å². The molecule has 642 valence electrons. The van der Waals surface area contributed by atoms with E-state index in [0.29, 0.717) is 59.2 Å². The third kappa shape index (κ3) is 40.4. The lowest BCUT2D eigenvalue weighted by Crippen LogP contribution is -1.95. The molecule has 0 aliphatic rings. The smallest absolute Gasteiger partial charge is 0.126 e. The van der Waals surface area contributed by atoms with Crippen LogP contribution in [0.1, 0.15) is 351 Å². The molecule has 11 rings (SSSR count). The van der Waals surface area contributed by atoms with Crippen molar-refractivity contribution in [2.75, 3.05) is 7.11 Å². The highest BCUT2D eigenvalue weighted by atomic mass is 35.5. The minimum absolute atomic E-state index is 0.0833. The van der Waals surface area contributed by atoms with Gasteiger partial charge in [-0.3, -0.25) is 0 Å². The van der Waals surface area contributed by atoms with Crippen LogP contribution in [-0.2, 0) is 0 Å². The summed E-state index contributed by atoms with van der Waals surface area (Å²) in [6, 6.07) is 74.9. The molecule has 118 heavy (non-hydrogen) atoms. The largest absolute Gasteiger partial charge is 0.497 e. The van der Waals surface area contributed by atoms with Gasteiger partial charge >= 0.3 is 0 Å². The Morgan fingerprint density at radius 2 is 0.466 bits per heavy atom. The first-order valence-electron chi connectivity index (χ1n) is 43.2. The van der Waals surface area contributed by atoms with Crippen molar-refractivity contribution in [3.05, 3.63) is 380 Å². The van der Waals surface area contributed by atoms with Crippen molar-refractivity contribution < 1.29 is 17.9 Å². The van der Waals surface area contributed by atoms with Gasteiger partial charge in [-0.25, -0.2) is 13.2 Å². The van der Waals surface area contributed by atoms with Crippen molar-refractivity contribution in [3.8, 4) is 5.75 Å². The maximum Gasteiger partial charge on any atom is 0.126 e. The van der Waals surface area contributed by atoms with Crippen LogP contribution in [0.3, 0.4) is 0 Å². The Balaban J connectivity index is 0.000000649.